The minimum absolute atomic E-state index is 0.177. The number of ether oxygens (including phenoxy) is 2. The van der Waals surface area contributed by atoms with Gasteiger partial charge in [-0.05, 0) is 65.5 Å². The molecule has 5 nitrogen and oxygen atoms in total. The molecular formula is C54H32BN3O2. The standard InChI is InChI=1S/C54H32BN3O2/c1-4-16-33(17-5-1)56-45-27-15-12-24-40(45)48-46(56)32-47-49-54(48)60-53-42(31-29-39-37-23-11-14-26-44(37)58(51(39)53)35-20-8-3-9-21-35)55(49)41-30-28-38-36-22-10-13-25-43(36)57(50(38)52(41)59-47)34-18-6-2-7-19-34/h1-32H. The SMILES string of the molecule is c1ccc(-n2c3ccccc3c3c4c5c(cc32)Oc2c(ccc3c6ccccc6n(-c6ccccc6)c23)B5c2ccc3c5ccccc5n(-c5ccccc5)c3c2O4)cc1. The van der Waals surface area contributed by atoms with Crippen LogP contribution in [0.15, 0.2) is 194 Å². The molecule has 0 spiro atoms. The summed E-state index contributed by atoms with van der Waals surface area (Å²) in [4.78, 5) is 0. The summed E-state index contributed by atoms with van der Waals surface area (Å²) in [6, 6.07) is 69.6. The van der Waals surface area contributed by atoms with Crippen molar-refractivity contribution in [3.8, 4) is 40.1 Å². The Labute approximate surface area is 344 Å². The molecule has 0 saturated heterocycles. The van der Waals surface area contributed by atoms with Gasteiger partial charge in [0.25, 0.3) is 6.71 Å². The Morgan fingerprint density at radius 3 is 1.30 bits per heavy atom. The Balaban J connectivity index is 1.17. The van der Waals surface area contributed by atoms with Crippen LogP contribution in [0.2, 0.25) is 0 Å². The second-order valence-electron chi connectivity index (χ2n) is 16.0. The third-order valence-corrected chi connectivity index (χ3v) is 12.9. The molecule has 0 atom stereocenters. The number of hydrogen-bond donors (Lipinski definition) is 0. The molecule has 278 valence electrons. The van der Waals surface area contributed by atoms with E-state index in [1.54, 1.807) is 0 Å². The highest BCUT2D eigenvalue weighted by molar-refractivity contribution is 6.99. The van der Waals surface area contributed by atoms with E-state index in [-0.39, 0.29) is 6.71 Å². The molecule has 0 radical (unpaired) electrons. The molecule has 14 rings (SSSR count). The van der Waals surface area contributed by atoms with Crippen LogP contribution in [-0.2, 0) is 0 Å². The molecule has 0 fully saturated rings. The number of aromatic nitrogens is 3. The Morgan fingerprint density at radius 2 is 0.767 bits per heavy atom. The second kappa shape index (κ2) is 11.8. The largest absolute Gasteiger partial charge is 0.456 e. The molecule has 0 N–H and O–H groups in total. The zero-order chi connectivity index (χ0) is 39.1. The van der Waals surface area contributed by atoms with E-state index in [2.05, 4.69) is 208 Å². The fourth-order valence-corrected chi connectivity index (χ4v) is 10.5. The van der Waals surface area contributed by atoms with Crippen molar-refractivity contribution in [2.75, 3.05) is 0 Å². The average Bonchev–Trinajstić information content (AvgIpc) is 3.96. The van der Waals surface area contributed by atoms with E-state index in [0.29, 0.717) is 0 Å². The van der Waals surface area contributed by atoms with Crippen molar-refractivity contribution in [2.45, 2.75) is 0 Å². The van der Waals surface area contributed by atoms with Crippen molar-refractivity contribution in [3.05, 3.63) is 194 Å². The first-order valence-electron chi connectivity index (χ1n) is 20.6. The Morgan fingerprint density at radius 1 is 0.333 bits per heavy atom. The van der Waals surface area contributed by atoms with E-state index in [9.17, 15) is 0 Å². The molecule has 0 bridgehead atoms. The van der Waals surface area contributed by atoms with E-state index in [0.717, 1.165) is 111 Å². The lowest BCUT2D eigenvalue weighted by molar-refractivity contribution is 0.472. The third-order valence-electron chi connectivity index (χ3n) is 12.9. The normalized spacial score (nSPS) is 12.9. The minimum Gasteiger partial charge on any atom is -0.456 e. The van der Waals surface area contributed by atoms with E-state index in [4.69, 9.17) is 9.47 Å². The second-order valence-corrected chi connectivity index (χ2v) is 16.0. The van der Waals surface area contributed by atoms with Gasteiger partial charge in [0.2, 0.25) is 0 Å². The maximum atomic E-state index is 7.62. The van der Waals surface area contributed by atoms with Gasteiger partial charge in [0.15, 0.2) is 0 Å². The van der Waals surface area contributed by atoms with Crippen molar-refractivity contribution in [1.29, 1.82) is 0 Å². The number of nitrogens with zero attached hydrogens (tertiary/aromatic N) is 3. The van der Waals surface area contributed by atoms with Gasteiger partial charge in [0.1, 0.15) is 23.0 Å². The lowest BCUT2D eigenvalue weighted by Crippen LogP contribution is -2.57. The lowest BCUT2D eigenvalue weighted by Gasteiger charge is -2.34. The van der Waals surface area contributed by atoms with E-state index in [1.165, 1.54) is 10.8 Å². The van der Waals surface area contributed by atoms with Crippen molar-refractivity contribution < 1.29 is 9.47 Å². The van der Waals surface area contributed by atoms with Gasteiger partial charge in [-0.3, -0.25) is 0 Å². The zero-order valence-electron chi connectivity index (χ0n) is 32.2. The highest BCUT2D eigenvalue weighted by Gasteiger charge is 2.44. The van der Waals surface area contributed by atoms with Crippen LogP contribution in [0.1, 0.15) is 0 Å². The Bertz CT molecular complexity index is 3760. The summed E-state index contributed by atoms with van der Waals surface area (Å²) in [5.74, 6) is 3.39. The van der Waals surface area contributed by atoms with Crippen molar-refractivity contribution >= 4 is 88.5 Å². The fourth-order valence-electron chi connectivity index (χ4n) is 10.5. The maximum Gasteiger partial charge on any atom is 0.260 e. The van der Waals surface area contributed by atoms with Crippen LogP contribution in [0.3, 0.4) is 0 Å². The summed E-state index contributed by atoms with van der Waals surface area (Å²) in [5.41, 5.74) is 13.1. The lowest BCUT2D eigenvalue weighted by atomic mass is 9.34. The van der Waals surface area contributed by atoms with Gasteiger partial charge in [0.05, 0.1) is 38.5 Å². The van der Waals surface area contributed by atoms with Crippen molar-refractivity contribution in [1.82, 2.24) is 13.7 Å². The van der Waals surface area contributed by atoms with Crippen LogP contribution in [0.5, 0.6) is 23.0 Å². The van der Waals surface area contributed by atoms with Crippen LogP contribution < -0.4 is 25.9 Å². The average molecular weight is 766 g/mol. The van der Waals surface area contributed by atoms with Gasteiger partial charge in [-0.25, -0.2) is 0 Å². The first-order valence-corrected chi connectivity index (χ1v) is 20.6. The smallest absolute Gasteiger partial charge is 0.260 e. The minimum atomic E-state index is -0.177. The zero-order valence-corrected chi connectivity index (χ0v) is 32.2. The van der Waals surface area contributed by atoms with Crippen LogP contribution in [0, 0.1) is 0 Å². The molecule has 2 aliphatic heterocycles. The van der Waals surface area contributed by atoms with Gasteiger partial charge in [-0.2, -0.15) is 0 Å². The van der Waals surface area contributed by atoms with Gasteiger partial charge >= 0.3 is 0 Å². The number of hydrogen-bond acceptors (Lipinski definition) is 2. The molecule has 0 saturated carbocycles. The first kappa shape index (κ1) is 32.1. The molecule has 60 heavy (non-hydrogen) atoms. The number of rotatable bonds is 3. The summed E-state index contributed by atoms with van der Waals surface area (Å²) in [6.45, 7) is -0.177. The summed E-state index contributed by atoms with van der Waals surface area (Å²) in [5, 5.41) is 6.91. The van der Waals surface area contributed by atoms with E-state index in [1.807, 2.05) is 0 Å². The van der Waals surface area contributed by atoms with Crippen LogP contribution in [0.25, 0.3) is 82.5 Å². The molecule has 5 heterocycles. The topological polar surface area (TPSA) is 33.2 Å². The number of para-hydroxylation sites is 6. The number of fused-ring (bicyclic) bond motifs is 16. The first-order chi connectivity index (χ1) is 29.8. The number of benzene rings is 9. The predicted molar refractivity (Wildman–Crippen MR) is 247 cm³/mol. The van der Waals surface area contributed by atoms with Gasteiger partial charge in [0, 0.05) is 55.5 Å². The van der Waals surface area contributed by atoms with Crippen molar-refractivity contribution in [3.63, 3.8) is 0 Å². The van der Waals surface area contributed by atoms with E-state index >= 15 is 0 Å². The summed E-state index contributed by atoms with van der Waals surface area (Å²) in [6.07, 6.45) is 0. The van der Waals surface area contributed by atoms with Crippen LogP contribution >= 0.6 is 0 Å². The van der Waals surface area contributed by atoms with Gasteiger partial charge in [-0.1, -0.05) is 133 Å². The molecule has 3 aromatic heterocycles. The monoisotopic (exact) mass is 765 g/mol. The molecule has 2 aliphatic rings. The quantitative estimate of drug-likeness (QED) is 0.168. The highest BCUT2D eigenvalue weighted by Crippen LogP contribution is 2.49. The summed E-state index contributed by atoms with van der Waals surface area (Å²) >= 11 is 0. The molecule has 9 aromatic carbocycles. The highest BCUT2D eigenvalue weighted by atomic mass is 16.5. The van der Waals surface area contributed by atoms with Gasteiger partial charge < -0.3 is 23.2 Å². The Hall–Kier alpha value is -7.96. The molecule has 6 heteroatoms. The molecule has 0 unspecified atom stereocenters. The van der Waals surface area contributed by atoms with Crippen molar-refractivity contribution in [2.24, 2.45) is 0 Å². The third kappa shape index (κ3) is 4.11. The Kier molecular flexibility index (Phi) is 6.31. The fraction of sp³-hybridized carbons (Fsp3) is 0. The molecule has 12 aromatic rings. The van der Waals surface area contributed by atoms with Gasteiger partial charge in [-0.15, -0.1) is 0 Å². The maximum absolute atomic E-state index is 7.62. The van der Waals surface area contributed by atoms with E-state index < -0.39 is 0 Å². The van der Waals surface area contributed by atoms with Crippen LogP contribution in [-0.4, -0.2) is 20.4 Å². The summed E-state index contributed by atoms with van der Waals surface area (Å²) in [7, 11) is 0. The summed E-state index contributed by atoms with van der Waals surface area (Å²) < 4.78 is 22.2. The predicted octanol–water partition coefficient (Wildman–Crippen LogP) is 11.7. The van der Waals surface area contributed by atoms with Crippen LogP contribution in [0.4, 0.5) is 0 Å². The molecular weight excluding hydrogens is 733 g/mol. The molecule has 0 aliphatic carbocycles. The molecule has 0 amide bonds.